The molecule has 0 amide bonds. The number of ether oxygens (including phenoxy) is 3. The maximum atomic E-state index is 14.6. The van der Waals surface area contributed by atoms with Crippen LogP contribution in [0.1, 0.15) is 116 Å². The van der Waals surface area contributed by atoms with Crippen molar-refractivity contribution in [1.82, 2.24) is 0 Å². The highest BCUT2D eigenvalue weighted by atomic mass is 32.3. The first kappa shape index (κ1) is 43.4. The van der Waals surface area contributed by atoms with Crippen molar-refractivity contribution in [3.05, 3.63) is 72.8 Å². The Balaban J connectivity index is 0.889. The molecule has 0 heterocycles. The van der Waals surface area contributed by atoms with Gasteiger partial charge in [0.1, 0.15) is 17.2 Å². The molecule has 0 aliphatic heterocycles. The molecular weight excluding hydrogens is 890 g/mol. The molecule has 14 heteroatoms. The molecule has 0 spiro atoms. The minimum atomic E-state index is -6.28. The van der Waals surface area contributed by atoms with E-state index < -0.39 is 42.2 Å². The monoisotopic (exact) mass is 946 g/mol. The summed E-state index contributed by atoms with van der Waals surface area (Å²) in [6.45, 7) is 0. The van der Waals surface area contributed by atoms with Crippen LogP contribution in [0.3, 0.4) is 0 Å². The smallest absolute Gasteiger partial charge is 0.426 e. The van der Waals surface area contributed by atoms with Crippen LogP contribution in [-0.4, -0.2) is 31.8 Å². The first-order valence-corrected chi connectivity index (χ1v) is 27.3. The Kier molecular flexibility index (Phi) is 10.1. The molecule has 12 aliphatic carbocycles. The Hall–Kier alpha value is -3.88. The number of carbonyl (C=O) groups is 3. The van der Waals surface area contributed by atoms with Crippen LogP contribution in [0.4, 0.5) is 13.2 Å². The van der Waals surface area contributed by atoms with Gasteiger partial charge in [-0.2, -0.15) is 25.2 Å². The van der Waals surface area contributed by atoms with Gasteiger partial charge in [-0.25, -0.2) is 0 Å². The van der Waals surface area contributed by atoms with Crippen molar-refractivity contribution in [1.29, 1.82) is 0 Å². The fourth-order valence-electron chi connectivity index (χ4n) is 16.5. The Bertz CT molecular complexity index is 2200. The van der Waals surface area contributed by atoms with E-state index >= 15 is 0 Å². The second-order valence-electron chi connectivity index (χ2n) is 22.7. The van der Waals surface area contributed by atoms with Gasteiger partial charge < -0.3 is 14.2 Å². The molecule has 12 aliphatic rings. The van der Waals surface area contributed by atoms with E-state index in [0.717, 1.165) is 116 Å². The van der Waals surface area contributed by atoms with E-state index in [-0.39, 0.29) is 49.8 Å². The van der Waals surface area contributed by atoms with E-state index in [2.05, 4.69) is 0 Å². The first-order chi connectivity index (χ1) is 31.5. The third-order valence-corrected chi connectivity index (χ3v) is 22.9. The molecule has 15 rings (SSSR count). The van der Waals surface area contributed by atoms with E-state index in [1.54, 1.807) is 0 Å². The van der Waals surface area contributed by atoms with Crippen LogP contribution in [0.5, 0.6) is 17.2 Å². The molecular formula is C52H57F3O9S2. The lowest BCUT2D eigenvalue weighted by molar-refractivity contribution is -0.162. The van der Waals surface area contributed by atoms with Crippen LogP contribution in [0.15, 0.2) is 87.5 Å². The molecule has 0 atom stereocenters. The maximum absolute atomic E-state index is 14.6. The molecule has 12 saturated carbocycles. The molecule has 0 saturated heterocycles. The zero-order chi connectivity index (χ0) is 45.4. The number of hydrogen-bond acceptors (Lipinski definition) is 9. The van der Waals surface area contributed by atoms with Gasteiger partial charge in [0, 0.05) is 14.7 Å². The second kappa shape index (κ2) is 15.3. The molecule has 352 valence electrons. The van der Waals surface area contributed by atoms with E-state index in [1.807, 2.05) is 0 Å². The molecule has 0 radical (unpaired) electrons. The van der Waals surface area contributed by atoms with Gasteiger partial charge in [0.15, 0.2) is 0 Å². The Labute approximate surface area is 385 Å². The summed E-state index contributed by atoms with van der Waals surface area (Å²) in [4.78, 5) is 42.0. The lowest BCUT2D eigenvalue weighted by Gasteiger charge is -2.55. The van der Waals surface area contributed by atoms with Gasteiger partial charge in [-0.15, -0.1) is 0 Å². The standard InChI is InChI=1S/C52H57F3O9S2/c53-52(54,55)66(59,60)64-65(43-7-1-40(2-8-43)61-46(56)49-22-31-13-32(23-49)15-33(14-31)24-49,44-9-3-41(4-10-44)62-47(57)50-25-34-16-35(26-50)18-36(17-34)27-50)45-11-5-42(6-12-45)63-48(58)51-28-37-19-38(29-51)21-39(20-37)30-51/h1-12,31-39H,13-30H2. The third-order valence-electron chi connectivity index (χ3n) is 18.0. The third kappa shape index (κ3) is 7.26. The molecule has 9 nitrogen and oxygen atoms in total. The summed E-state index contributed by atoms with van der Waals surface area (Å²) in [6.07, 6.45) is 17.4. The van der Waals surface area contributed by atoms with Crippen molar-refractivity contribution in [2.75, 3.05) is 0 Å². The van der Waals surface area contributed by atoms with E-state index in [4.69, 9.17) is 17.8 Å². The lowest BCUT2D eigenvalue weighted by atomic mass is 9.49. The highest BCUT2D eigenvalue weighted by Crippen LogP contribution is 2.71. The number of esters is 3. The normalized spacial score (nSPS) is 38.1. The topological polar surface area (TPSA) is 122 Å². The summed E-state index contributed by atoms with van der Waals surface area (Å²) in [5.74, 6) is 4.16. The second-order valence-corrected chi connectivity index (χ2v) is 27.1. The first-order valence-electron chi connectivity index (χ1n) is 24.3. The maximum Gasteiger partial charge on any atom is 0.524 e. The average Bonchev–Trinajstić information content (AvgIpc) is 3.25. The lowest BCUT2D eigenvalue weighted by Crippen LogP contribution is -2.51. The van der Waals surface area contributed by atoms with Crippen LogP contribution in [0.2, 0.25) is 0 Å². The molecule has 0 aromatic heterocycles. The van der Waals surface area contributed by atoms with E-state index in [1.165, 1.54) is 72.8 Å². The van der Waals surface area contributed by atoms with Crippen molar-refractivity contribution < 1.29 is 53.8 Å². The van der Waals surface area contributed by atoms with Gasteiger partial charge in [-0.05, 0) is 252 Å². The summed E-state index contributed by atoms with van der Waals surface area (Å²) in [5.41, 5.74) is -7.48. The molecule has 12 bridgehead atoms. The zero-order valence-corrected chi connectivity index (χ0v) is 38.6. The summed E-state index contributed by atoms with van der Waals surface area (Å²) in [5, 5.41) is 0. The van der Waals surface area contributed by atoms with E-state index in [9.17, 15) is 36.0 Å². The minimum absolute atomic E-state index is 0.0709. The SMILES string of the molecule is O=C(Oc1ccc(S(OS(=O)(=O)C(F)(F)F)(c2ccc(OC(=O)C34CC5CC(CC(C5)C3)C4)cc2)c2ccc(OC(=O)C34CC5CC(CC(C5)C3)C4)cc2)cc1)C12CC3CC(CC(C3)C1)C2. The fourth-order valence-corrected chi connectivity index (χ4v) is 21.2. The zero-order valence-electron chi connectivity index (χ0n) is 37.0. The number of alkyl halides is 3. The molecule has 0 unspecified atom stereocenters. The summed E-state index contributed by atoms with van der Waals surface area (Å²) in [6, 6.07) is 17.5. The number of halogens is 3. The Morgan fingerprint density at radius 2 is 0.621 bits per heavy atom. The highest BCUT2D eigenvalue weighted by Gasteiger charge is 2.59. The minimum Gasteiger partial charge on any atom is -0.426 e. The van der Waals surface area contributed by atoms with Crippen LogP contribution < -0.4 is 14.2 Å². The van der Waals surface area contributed by atoms with Gasteiger partial charge >= 0.3 is 33.5 Å². The van der Waals surface area contributed by atoms with Crippen molar-refractivity contribution >= 4 is 38.3 Å². The van der Waals surface area contributed by atoms with Crippen molar-refractivity contribution in [3.8, 4) is 17.2 Å². The molecule has 3 aromatic carbocycles. The number of rotatable bonds is 11. The Morgan fingerprint density at radius 1 is 0.409 bits per heavy atom. The van der Waals surface area contributed by atoms with Gasteiger partial charge in [-0.3, -0.25) is 14.4 Å². The van der Waals surface area contributed by atoms with Gasteiger partial charge in [0.25, 0.3) is 0 Å². The molecule has 12 fully saturated rings. The molecule has 3 aromatic rings. The van der Waals surface area contributed by atoms with E-state index in [0.29, 0.717) is 53.3 Å². The summed E-state index contributed by atoms with van der Waals surface area (Å²) >= 11 is 0. The fraction of sp³-hybridized carbons (Fsp3) is 0.596. The Morgan fingerprint density at radius 3 is 0.818 bits per heavy atom. The number of hydrogen-bond donors (Lipinski definition) is 0. The molecule has 66 heavy (non-hydrogen) atoms. The predicted octanol–water partition coefficient (Wildman–Crippen LogP) is 12.1. The largest absolute Gasteiger partial charge is 0.524 e. The van der Waals surface area contributed by atoms with Crippen LogP contribution >= 0.6 is 10.3 Å². The highest BCUT2D eigenvalue weighted by molar-refractivity contribution is 8.33. The number of carbonyl (C=O) groups excluding carboxylic acids is 3. The summed E-state index contributed by atoms with van der Waals surface area (Å²) < 4.78 is 94.3. The van der Waals surface area contributed by atoms with Crippen molar-refractivity contribution in [2.45, 2.75) is 136 Å². The van der Waals surface area contributed by atoms with Gasteiger partial charge in [-0.1, -0.05) is 0 Å². The van der Waals surface area contributed by atoms with Crippen LogP contribution in [-0.2, 0) is 28.1 Å². The van der Waals surface area contributed by atoms with Crippen molar-refractivity contribution in [2.24, 2.45) is 69.5 Å². The average molecular weight is 947 g/mol. The van der Waals surface area contributed by atoms with Crippen LogP contribution in [0.25, 0.3) is 0 Å². The van der Waals surface area contributed by atoms with Gasteiger partial charge in [0.05, 0.1) is 16.2 Å². The summed E-state index contributed by atoms with van der Waals surface area (Å²) in [7, 11) is -10.1. The number of benzene rings is 3. The van der Waals surface area contributed by atoms with Crippen LogP contribution in [0, 0.1) is 69.5 Å². The quantitative estimate of drug-likeness (QED) is 0.105. The predicted molar refractivity (Wildman–Crippen MR) is 236 cm³/mol. The van der Waals surface area contributed by atoms with Crippen molar-refractivity contribution in [3.63, 3.8) is 0 Å². The van der Waals surface area contributed by atoms with Gasteiger partial charge in [0.2, 0.25) is 0 Å². The molecule has 0 N–H and O–H groups in total.